The van der Waals surface area contributed by atoms with Crippen molar-refractivity contribution in [1.82, 2.24) is 24.5 Å². The van der Waals surface area contributed by atoms with Crippen LogP contribution in [0.25, 0.3) is 5.65 Å². The van der Waals surface area contributed by atoms with Crippen LogP contribution in [0.3, 0.4) is 0 Å². The summed E-state index contributed by atoms with van der Waals surface area (Å²) in [7, 11) is 1.93. The van der Waals surface area contributed by atoms with Gasteiger partial charge in [0.25, 0.3) is 0 Å². The Labute approximate surface area is 135 Å². The van der Waals surface area contributed by atoms with Gasteiger partial charge in [0.1, 0.15) is 5.65 Å². The van der Waals surface area contributed by atoms with Crippen LogP contribution in [0.1, 0.15) is 29.1 Å². The smallest absolute Gasteiger partial charge is 0.220 e. The number of nitrogens with zero attached hydrogens (tertiary/aromatic N) is 4. The first-order chi connectivity index (χ1) is 11.1. The second kappa shape index (κ2) is 6.24. The van der Waals surface area contributed by atoms with Crippen molar-refractivity contribution < 1.29 is 4.79 Å². The maximum absolute atomic E-state index is 12.1. The van der Waals surface area contributed by atoms with Crippen LogP contribution in [0.15, 0.2) is 30.6 Å². The Morgan fingerprint density at radius 3 is 2.87 bits per heavy atom. The molecule has 0 saturated carbocycles. The van der Waals surface area contributed by atoms with E-state index in [1.54, 1.807) is 6.20 Å². The summed E-state index contributed by atoms with van der Waals surface area (Å²) in [4.78, 5) is 16.4. The van der Waals surface area contributed by atoms with E-state index in [2.05, 4.69) is 15.4 Å². The summed E-state index contributed by atoms with van der Waals surface area (Å²) in [6.07, 6.45) is 4.92. The van der Waals surface area contributed by atoms with Gasteiger partial charge in [-0.2, -0.15) is 5.10 Å². The molecule has 0 saturated heterocycles. The summed E-state index contributed by atoms with van der Waals surface area (Å²) in [6, 6.07) is 5.84. The summed E-state index contributed by atoms with van der Waals surface area (Å²) in [6.45, 7) is 4.50. The second-order valence-corrected chi connectivity index (χ2v) is 5.73. The molecule has 0 aliphatic rings. The van der Waals surface area contributed by atoms with Crippen molar-refractivity contribution in [2.45, 2.75) is 33.2 Å². The number of rotatable bonds is 5. The molecule has 0 aliphatic carbocycles. The van der Waals surface area contributed by atoms with Crippen LogP contribution in [0.5, 0.6) is 0 Å². The van der Waals surface area contributed by atoms with E-state index in [-0.39, 0.29) is 5.91 Å². The maximum Gasteiger partial charge on any atom is 0.220 e. The van der Waals surface area contributed by atoms with Crippen molar-refractivity contribution in [3.8, 4) is 0 Å². The molecule has 0 fully saturated rings. The van der Waals surface area contributed by atoms with Crippen LogP contribution in [-0.2, 0) is 24.8 Å². The van der Waals surface area contributed by atoms with Crippen molar-refractivity contribution in [2.24, 2.45) is 7.05 Å². The molecule has 6 heteroatoms. The first-order valence-electron chi connectivity index (χ1n) is 7.73. The molecule has 120 valence electrons. The fraction of sp³-hybridized carbons (Fsp3) is 0.353. The number of pyridine rings is 1. The van der Waals surface area contributed by atoms with Crippen LogP contribution in [0.4, 0.5) is 0 Å². The molecule has 3 aromatic heterocycles. The Hall–Kier alpha value is -2.63. The molecule has 1 N–H and O–H groups in total. The molecule has 0 aromatic carbocycles. The monoisotopic (exact) mass is 311 g/mol. The van der Waals surface area contributed by atoms with Gasteiger partial charge in [0.2, 0.25) is 5.91 Å². The minimum atomic E-state index is 0.0403. The lowest BCUT2D eigenvalue weighted by Crippen LogP contribution is -2.23. The highest BCUT2D eigenvalue weighted by Crippen LogP contribution is 2.14. The van der Waals surface area contributed by atoms with Crippen LogP contribution in [-0.4, -0.2) is 25.1 Å². The highest BCUT2D eigenvalue weighted by molar-refractivity contribution is 5.76. The Morgan fingerprint density at radius 2 is 2.13 bits per heavy atom. The number of hydrogen-bond donors (Lipinski definition) is 1. The third-order valence-electron chi connectivity index (χ3n) is 4.22. The Morgan fingerprint density at radius 1 is 1.30 bits per heavy atom. The summed E-state index contributed by atoms with van der Waals surface area (Å²) in [5.74, 6) is 0.0403. The van der Waals surface area contributed by atoms with E-state index in [0.29, 0.717) is 19.4 Å². The Balaban J connectivity index is 1.58. The highest BCUT2D eigenvalue weighted by Gasteiger charge is 2.11. The summed E-state index contributed by atoms with van der Waals surface area (Å²) in [5, 5.41) is 7.35. The number of carbonyl (C=O) groups excluding carboxylic acids is 1. The number of aromatic nitrogens is 4. The van der Waals surface area contributed by atoms with Crippen molar-refractivity contribution in [1.29, 1.82) is 0 Å². The van der Waals surface area contributed by atoms with Crippen LogP contribution in [0.2, 0.25) is 0 Å². The molecule has 3 heterocycles. The predicted molar refractivity (Wildman–Crippen MR) is 88.0 cm³/mol. The fourth-order valence-electron chi connectivity index (χ4n) is 2.81. The minimum Gasteiger partial charge on any atom is -0.350 e. The zero-order valence-electron chi connectivity index (χ0n) is 13.7. The number of fused-ring (bicyclic) bond motifs is 1. The van der Waals surface area contributed by atoms with E-state index in [4.69, 9.17) is 0 Å². The molecule has 0 radical (unpaired) electrons. The number of hydrogen-bond acceptors (Lipinski definition) is 3. The van der Waals surface area contributed by atoms with Gasteiger partial charge in [-0.3, -0.25) is 9.48 Å². The van der Waals surface area contributed by atoms with E-state index in [1.807, 2.05) is 54.4 Å². The molecule has 23 heavy (non-hydrogen) atoms. The number of carbonyl (C=O) groups is 1. The molecule has 0 unspecified atom stereocenters. The van der Waals surface area contributed by atoms with E-state index in [9.17, 15) is 4.79 Å². The highest BCUT2D eigenvalue weighted by atomic mass is 16.1. The second-order valence-electron chi connectivity index (χ2n) is 5.73. The third kappa shape index (κ3) is 3.11. The zero-order valence-corrected chi connectivity index (χ0v) is 13.7. The first kappa shape index (κ1) is 15.3. The maximum atomic E-state index is 12.1. The van der Waals surface area contributed by atoms with E-state index >= 15 is 0 Å². The predicted octanol–water partition coefficient (Wildman–Crippen LogP) is 1.93. The molecule has 6 nitrogen and oxygen atoms in total. The van der Waals surface area contributed by atoms with E-state index in [1.165, 1.54) is 0 Å². The molecular weight excluding hydrogens is 290 g/mol. The minimum absolute atomic E-state index is 0.0403. The van der Waals surface area contributed by atoms with E-state index < -0.39 is 0 Å². The SMILES string of the molecule is Cc1nn(C)c(C)c1CCC(=O)NCc1cnc2ccccn12. The van der Waals surface area contributed by atoms with Gasteiger partial charge in [-0.1, -0.05) is 6.07 Å². The zero-order chi connectivity index (χ0) is 16.4. The fourth-order valence-corrected chi connectivity index (χ4v) is 2.81. The third-order valence-corrected chi connectivity index (χ3v) is 4.22. The average molecular weight is 311 g/mol. The number of amides is 1. The lowest BCUT2D eigenvalue weighted by molar-refractivity contribution is -0.121. The van der Waals surface area contributed by atoms with Crippen LogP contribution < -0.4 is 5.32 Å². The number of imidazole rings is 1. The average Bonchev–Trinajstić information content (AvgIpc) is 3.05. The standard InChI is InChI=1S/C17H21N5O/c1-12-15(13(2)21(3)20-12)7-8-17(23)19-11-14-10-18-16-6-4-5-9-22(14)16/h4-6,9-10H,7-8,11H2,1-3H3,(H,19,23). The van der Waals surface area contributed by atoms with E-state index in [0.717, 1.165) is 28.3 Å². The quantitative estimate of drug-likeness (QED) is 0.783. The molecule has 0 spiro atoms. The van der Waals surface area contributed by atoms with Gasteiger partial charge >= 0.3 is 0 Å². The summed E-state index contributed by atoms with van der Waals surface area (Å²) >= 11 is 0. The molecular formula is C17H21N5O. The topological polar surface area (TPSA) is 64.2 Å². The Bertz CT molecular complexity index is 846. The van der Waals surface area contributed by atoms with Crippen LogP contribution >= 0.6 is 0 Å². The summed E-state index contributed by atoms with van der Waals surface area (Å²) < 4.78 is 3.84. The van der Waals surface area contributed by atoms with Gasteiger partial charge in [-0.15, -0.1) is 0 Å². The number of nitrogens with one attached hydrogen (secondary N) is 1. The van der Waals surface area contributed by atoms with Crippen molar-refractivity contribution >= 4 is 11.6 Å². The summed E-state index contributed by atoms with van der Waals surface area (Å²) in [5.41, 5.74) is 5.15. The molecule has 0 bridgehead atoms. The Kier molecular flexibility index (Phi) is 4.14. The van der Waals surface area contributed by atoms with Crippen molar-refractivity contribution in [3.63, 3.8) is 0 Å². The van der Waals surface area contributed by atoms with Crippen molar-refractivity contribution in [2.75, 3.05) is 0 Å². The van der Waals surface area contributed by atoms with Gasteiger partial charge in [-0.25, -0.2) is 4.98 Å². The molecule has 0 atom stereocenters. The van der Waals surface area contributed by atoms with Gasteiger partial charge < -0.3 is 9.72 Å². The normalized spacial score (nSPS) is 11.1. The van der Waals surface area contributed by atoms with Gasteiger partial charge in [-0.05, 0) is 38.0 Å². The van der Waals surface area contributed by atoms with Crippen molar-refractivity contribution in [3.05, 3.63) is 53.2 Å². The lowest BCUT2D eigenvalue weighted by atomic mass is 10.1. The molecule has 1 amide bonds. The van der Waals surface area contributed by atoms with Gasteiger partial charge in [0.05, 0.1) is 24.1 Å². The number of aryl methyl sites for hydroxylation is 2. The first-order valence-corrected chi connectivity index (χ1v) is 7.73. The van der Waals surface area contributed by atoms with Crippen LogP contribution in [0, 0.1) is 13.8 Å². The lowest BCUT2D eigenvalue weighted by Gasteiger charge is -2.06. The molecule has 0 aliphatic heterocycles. The van der Waals surface area contributed by atoms with Gasteiger partial charge in [0.15, 0.2) is 0 Å². The molecule has 3 aromatic rings. The largest absolute Gasteiger partial charge is 0.350 e. The molecule has 3 rings (SSSR count). The van der Waals surface area contributed by atoms with Gasteiger partial charge in [0, 0.05) is 25.4 Å².